The van der Waals surface area contributed by atoms with Crippen LogP contribution in [0.5, 0.6) is 0 Å². The summed E-state index contributed by atoms with van der Waals surface area (Å²) in [5.74, 6) is -1.17. The van der Waals surface area contributed by atoms with Crippen molar-refractivity contribution in [2.45, 2.75) is 31.5 Å². The molecule has 0 bridgehead atoms. The lowest BCUT2D eigenvalue weighted by Gasteiger charge is -2.37. The Bertz CT molecular complexity index is 479. The molecule has 8 heteroatoms. The lowest BCUT2D eigenvalue weighted by atomic mass is 9.95. The number of aliphatic hydroxyl groups is 1. The highest BCUT2D eigenvalue weighted by atomic mass is 35.5. The third-order valence-corrected chi connectivity index (χ3v) is 3.13. The number of piperidine rings is 1. The molecule has 1 fully saturated rings. The molecule has 0 radical (unpaired) electrons. The van der Waals surface area contributed by atoms with Crippen LogP contribution in [0.15, 0.2) is 6.07 Å². The minimum absolute atomic E-state index is 0.0901. The highest BCUT2D eigenvalue weighted by Gasteiger charge is 2.36. The van der Waals surface area contributed by atoms with Gasteiger partial charge in [-0.15, -0.1) is 0 Å². The van der Waals surface area contributed by atoms with Gasteiger partial charge in [-0.05, 0) is 19.8 Å². The Morgan fingerprint density at radius 3 is 2.68 bits per heavy atom. The summed E-state index contributed by atoms with van der Waals surface area (Å²) in [5.41, 5.74) is -0.936. The maximum atomic E-state index is 12.6. The summed E-state index contributed by atoms with van der Waals surface area (Å²) in [6, 6.07) is 1.28. The summed E-state index contributed by atoms with van der Waals surface area (Å²) in [6.45, 7) is 2.39. The average Bonchev–Trinajstić information content (AvgIpc) is 2.25. The molecule has 19 heavy (non-hydrogen) atoms. The van der Waals surface area contributed by atoms with E-state index in [0.29, 0.717) is 19.4 Å². The zero-order chi connectivity index (χ0) is 14.3. The molecule has 2 heterocycles. The molecule has 0 amide bonds. The largest absolute Gasteiger partial charge is 0.451 e. The first-order valence-electron chi connectivity index (χ1n) is 5.76. The molecule has 1 aliphatic rings. The number of hydrogen-bond acceptors (Lipinski definition) is 4. The second kappa shape index (κ2) is 4.79. The fourth-order valence-corrected chi connectivity index (χ4v) is 2.29. The van der Waals surface area contributed by atoms with Gasteiger partial charge in [0.2, 0.25) is 5.82 Å². The van der Waals surface area contributed by atoms with E-state index in [4.69, 9.17) is 11.6 Å². The first kappa shape index (κ1) is 14.3. The number of nitrogens with zero attached hydrogens (tertiary/aromatic N) is 3. The summed E-state index contributed by atoms with van der Waals surface area (Å²) >= 11 is 5.61. The third-order valence-electron chi connectivity index (χ3n) is 2.93. The lowest BCUT2D eigenvalue weighted by molar-refractivity contribution is -0.144. The highest BCUT2D eigenvalue weighted by Crippen LogP contribution is 2.31. The monoisotopic (exact) mass is 295 g/mol. The molecule has 0 aliphatic carbocycles. The number of aromatic nitrogens is 2. The first-order chi connectivity index (χ1) is 8.67. The zero-order valence-electron chi connectivity index (χ0n) is 10.2. The number of alkyl halides is 3. The fraction of sp³-hybridized carbons (Fsp3) is 0.636. The molecule has 1 aliphatic heterocycles. The van der Waals surface area contributed by atoms with Gasteiger partial charge in [-0.2, -0.15) is 13.2 Å². The van der Waals surface area contributed by atoms with Crippen molar-refractivity contribution in [3.05, 3.63) is 17.0 Å². The number of hydrogen-bond donors (Lipinski definition) is 1. The standard InChI is InChI=1S/C11H13ClF3N3O/c1-10(19)3-2-4-18(6-10)8-5-7(12)16-9(17-8)11(13,14)15/h5,19H,2-4,6H2,1H3. The molecule has 4 nitrogen and oxygen atoms in total. The topological polar surface area (TPSA) is 49.2 Å². The second-order valence-electron chi connectivity index (χ2n) is 4.89. The van der Waals surface area contributed by atoms with Crippen LogP contribution < -0.4 is 4.90 Å². The van der Waals surface area contributed by atoms with Crippen LogP contribution in [0.1, 0.15) is 25.6 Å². The summed E-state index contributed by atoms with van der Waals surface area (Å²) in [6.07, 6.45) is -3.36. The first-order valence-corrected chi connectivity index (χ1v) is 6.14. The van der Waals surface area contributed by atoms with E-state index < -0.39 is 17.6 Å². The average molecular weight is 296 g/mol. The van der Waals surface area contributed by atoms with Crippen LogP contribution in [0.2, 0.25) is 5.15 Å². The molecular formula is C11H13ClF3N3O. The molecule has 2 rings (SSSR count). The van der Waals surface area contributed by atoms with Crippen molar-refractivity contribution in [2.75, 3.05) is 18.0 Å². The van der Waals surface area contributed by atoms with Crippen LogP contribution in [0.25, 0.3) is 0 Å². The predicted octanol–water partition coefficient (Wildman–Crippen LogP) is 2.50. The van der Waals surface area contributed by atoms with Gasteiger partial charge in [0.05, 0.1) is 5.60 Å². The molecule has 1 saturated heterocycles. The molecular weight excluding hydrogens is 283 g/mol. The highest BCUT2D eigenvalue weighted by molar-refractivity contribution is 6.29. The van der Waals surface area contributed by atoms with Gasteiger partial charge in [0, 0.05) is 19.2 Å². The Morgan fingerprint density at radius 2 is 2.11 bits per heavy atom. The predicted molar refractivity (Wildman–Crippen MR) is 64.1 cm³/mol. The maximum absolute atomic E-state index is 12.6. The molecule has 1 aromatic rings. The van der Waals surface area contributed by atoms with Crippen LogP contribution in [0.4, 0.5) is 19.0 Å². The number of halogens is 4. The molecule has 0 aromatic carbocycles. The van der Waals surface area contributed by atoms with Crippen molar-refractivity contribution >= 4 is 17.4 Å². The van der Waals surface area contributed by atoms with Crippen LogP contribution in [-0.4, -0.2) is 33.8 Å². The molecule has 1 unspecified atom stereocenters. The number of rotatable bonds is 1. The smallest absolute Gasteiger partial charge is 0.388 e. The lowest BCUT2D eigenvalue weighted by Crippen LogP contribution is -2.46. The molecule has 0 spiro atoms. The van der Waals surface area contributed by atoms with Gasteiger partial charge in [-0.1, -0.05) is 11.6 Å². The van der Waals surface area contributed by atoms with Crippen LogP contribution in [0.3, 0.4) is 0 Å². The Labute approximate surface area is 113 Å². The van der Waals surface area contributed by atoms with Crippen LogP contribution >= 0.6 is 11.6 Å². The minimum Gasteiger partial charge on any atom is -0.388 e. The third kappa shape index (κ3) is 3.48. The van der Waals surface area contributed by atoms with Crippen molar-refractivity contribution in [2.24, 2.45) is 0 Å². The van der Waals surface area contributed by atoms with E-state index in [1.165, 1.54) is 6.07 Å². The summed E-state index contributed by atoms with van der Waals surface area (Å²) < 4.78 is 37.8. The Hall–Kier alpha value is -1.08. The van der Waals surface area contributed by atoms with E-state index in [1.54, 1.807) is 11.8 Å². The number of anilines is 1. The van der Waals surface area contributed by atoms with Gasteiger partial charge >= 0.3 is 6.18 Å². The van der Waals surface area contributed by atoms with E-state index in [9.17, 15) is 18.3 Å². The Kier molecular flexibility index (Phi) is 3.61. The van der Waals surface area contributed by atoms with Gasteiger partial charge in [-0.3, -0.25) is 0 Å². The second-order valence-corrected chi connectivity index (χ2v) is 5.28. The normalized spacial score (nSPS) is 24.6. The molecule has 0 saturated carbocycles. The molecule has 1 atom stereocenters. The van der Waals surface area contributed by atoms with Crippen molar-refractivity contribution in [1.29, 1.82) is 0 Å². The maximum Gasteiger partial charge on any atom is 0.451 e. The van der Waals surface area contributed by atoms with E-state index in [2.05, 4.69) is 9.97 Å². The van der Waals surface area contributed by atoms with E-state index in [1.807, 2.05) is 0 Å². The molecule has 106 valence electrons. The summed E-state index contributed by atoms with van der Waals surface area (Å²) in [7, 11) is 0. The quantitative estimate of drug-likeness (QED) is 0.809. The van der Waals surface area contributed by atoms with Gasteiger partial charge < -0.3 is 10.0 Å². The van der Waals surface area contributed by atoms with E-state index >= 15 is 0 Å². The fourth-order valence-electron chi connectivity index (χ4n) is 2.11. The van der Waals surface area contributed by atoms with E-state index in [0.717, 1.165) is 0 Å². The van der Waals surface area contributed by atoms with Crippen molar-refractivity contribution < 1.29 is 18.3 Å². The Morgan fingerprint density at radius 1 is 1.42 bits per heavy atom. The van der Waals surface area contributed by atoms with Gasteiger partial charge in [0.25, 0.3) is 0 Å². The molecule has 1 N–H and O–H groups in total. The van der Waals surface area contributed by atoms with Crippen LogP contribution in [0, 0.1) is 0 Å². The Balaban J connectivity index is 2.32. The summed E-state index contributed by atoms with van der Waals surface area (Å²) in [5, 5.41) is 9.70. The number of β-amino-alcohol motifs (C(OH)–C–C–N with tert-alkyl or cyclic N) is 1. The van der Waals surface area contributed by atoms with Gasteiger partial charge in [0.15, 0.2) is 0 Å². The van der Waals surface area contributed by atoms with Gasteiger partial charge in [-0.25, -0.2) is 9.97 Å². The zero-order valence-corrected chi connectivity index (χ0v) is 11.0. The minimum atomic E-state index is -4.64. The van der Waals surface area contributed by atoms with E-state index in [-0.39, 0.29) is 17.5 Å². The van der Waals surface area contributed by atoms with Crippen molar-refractivity contribution in [3.8, 4) is 0 Å². The SMILES string of the molecule is CC1(O)CCCN(c2cc(Cl)nc(C(F)(F)F)n2)C1. The van der Waals surface area contributed by atoms with Crippen molar-refractivity contribution in [3.63, 3.8) is 0 Å². The summed E-state index contributed by atoms with van der Waals surface area (Å²) in [4.78, 5) is 8.25. The van der Waals surface area contributed by atoms with Crippen molar-refractivity contribution in [1.82, 2.24) is 9.97 Å². The van der Waals surface area contributed by atoms with Gasteiger partial charge in [0.1, 0.15) is 11.0 Å². The van der Waals surface area contributed by atoms with Crippen LogP contribution in [-0.2, 0) is 6.18 Å². The molecule has 1 aromatic heterocycles.